The lowest BCUT2D eigenvalue weighted by atomic mass is 9.61. The van der Waals surface area contributed by atoms with E-state index in [2.05, 4.69) is 156 Å². The molecule has 6 aromatic heterocycles. The van der Waals surface area contributed by atoms with Crippen LogP contribution in [0.5, 0.6) is 0 Å². The third kappa shape index (κ3) is 7.35. The van der Waals surface area contributed by atoms with Crippen molar-refractivity contribution in [2.24, 2.45) is 0 Å². The second-order valence-electron chi connectivity index (χ2n) is 21.0. The number of nitrogens with zero attached hydrogens (tertiary/aromatic N) is 8. The molecule has 3 aliphatic carbocycles. The van der Waals surface area contributed by atoms with Gasteiger partial charge < -0.3 is 8.83 Å². The highest BCUT2D eigenvalue weighted by Gasteiger charge is 2.42. The summed E-state index contributed by atoms with van der Waals surface area (Å²) < 4.78 is 12.4. The van der Waals surface area contributed by atoms with Crippen LogP contribution in [0.2, 0.25) is 0 Å². The summed E-state index contributed by atoms with van der Waals surface area (Å²) in [6, 6.07) is 75.9. The minimum Gasteiger partial charge on any atom is -0.456 e. The Labute approximate surface area is 469 Å². The Hall–Kier alpha value is -11.1. The van der Waals surface area contributed by atoms with E-state index in [9.17, 15) is 0 Å². The van der Waals surface area contributed by atoms with E-state index >= 15 is 0 Å². The summed E-state index contributed by atoms with van der Waals surface area (Å²) in [6.45, 7) is 0. The lowest BCUT2D eigenvalue weighted by Crippen LogP contribution is -2.27. The summed E-state index contributed by atoms with van der Waals surface area (Å²) in [5.74, 6) is 3.49. The van der Waals surface area contributed by atoms with Crippen molar-refractivity contribution in [2.75, 3.05) is 0 Å². The first-order valence-electron chi connectivity index (χ1n) is 27.3. The SMILES string of the molecule is c1ccc(-c2nc(-c3ccc4c(c3)C3c5ccccc5C4c4cc(-c5nc(-c6ccccc6)nc(-c6ccccc6-c6ccc7oc8ccncc8c7c6)n5)ccc43)nc(-c3ccccc3-c3ccc4oc5ccncc5c4c3)n2)cc1. The van der Waals surface area contributed by atoms with Crippen molar-refractivity contribution in [3.63, 3.8) is 0 Å². The Morgan fingerprint density at radius 1 is 0.244 bits per heavy atom. The van der Waals surface area contributed by atoms with Crippen molar-refractivity contribution in [1.29, 1.82) is 0 Å². The molecule has 2 bridgehead atoms. The van der Waals surface area contributed by atoms with Crippen molar-refractivity contribution in [2.45, 2.75) is 11.8 Å². The van der Waals surface area contributed by atoms with Crippen molar-refractivity contribution in [1.82, 2.24) is 39.9 Å². The van der Waals surface area contributed by atoms with Crippen LogP contribution in [0.15, 0.2) is 252 Å². The highest BCUT2D eigenvalue weighted by Crippen LogP contribution is 2.57. The van der Waals surface area contributed by atoms with Crippen LogP contribution in [0.3, 0.4) is 0 Å². The minimum atomic E-state index is -0.0407. The number of benzene rings is 9. The van der Waals surface area contributed by atoms with Crippen LogP contribution in [-0.2, 0) is 0 Å². The average Bonchev–Trinajstić information content (AvgIpc) is 2.24. The van der Waals surface area contributed by atoms with Gasteiger partial charge in [-0.2, -0.15) is 0 Å². The van der Waals surface area contributed by atoms with Gasteiger partial charge in [-0.3, -0.25) is 9.97 Å². The molecule has 18 rings (SSSR count). The maximum absolute atomic E-state index is 6.19. The Morgan fingerprint density at radius 2 is 0.598 bits per heavy atom. The molecule has 0 saturated carbocycles. The Morgan fingerprint density at radius 3 is 1.05 bits per heavy atom. The number of rotatable bonds is 8. The largest absolute Gasteiger partial charge is 0.456 e. The summed E-state index contributed by atoms with van der Waals surface area (Å²) in [5.41, 5.74) is 20.3. The number of pyridine rings is 2. The minimum absolute atomic E-state index is 0.0407. The lowest BCUT2D eigenvalue weighted by molar-refractivity contribution is 0.668. The molecule has 82 heavy (non-hydrogen) atoms. The van der Waals surface area contributed by atoms with E-state index in [1.54, 1.807) is 12.4 Å². The van der Waals surface area contributed by atoms with E-state index in [1.165, 1.54) is 33.4 Å². The molecule has 0 amide bonds. The highest BCUT2D eigenvalue weighted by atomic mass is 16.3. The third-order valence-electron chi connectivity index (χ3n) is 16.4. The first-order chi connectivity index (χ1) is 40.6. The summed E-state index contributed by atoms with van der Waals surface area (Å²) >= 11 is 0. The fourth-order valence-electron chi connectivity index (χ4n) is 12.6. The summed E-state index contributed by atoms with van der Waals surface area (Å²) in [5, 5.41) is 3.94. The molecular formula is C72H42N8O2. The Kier molecular flexibility index (Phi) is 10.2. The number of fused-ring (bicyclic) bond motifs is 6. The van der Waals surface area contributed by atoms with Crippen LogP contribution < -0.4 is 0 Å². The first-order valence-corrected chi connectivity index (χ1v) is 27.3. The van der Waals surface area contributed by atoms with Gasteiger partial charge in [-0.1, -0.05) is 170 Å². The van der Waals surface area contributed by atoms with Crippen LogP contribution in [-0.4, -0.2) is 39.9 Å². The molecule has 0 radical (unpaired) electrons. The molecule has 2 unspecified atom stereocenters. The molecule has 382 valence electrons. The number of furan rings is 2. The van der Waals surface area contributed by atoms with Gasteiger partial charge in [0.25, 0.3) is 0 Å². The molecule has 2 atom stereocenters. The summed E-state index contributed by atoms with van der Waals surface area (Å²) in [6.07, 6.45) is 7.24. The second-order valence-corrected chi connectivity index (χ2v) is 21.0. The van der Waals surface area contributed by atoms with Gasteiger partial charge >= 0.3 is 0 Å². The van der Waals surface area contributed by atoms with Crippen molar-refractivity contribution in [3.8, 4) is 90.6 Å². The van der Waals surface area contributed by atoms with Crippen LogP contribution in [0.1, 0.15) is 45.2 Å². The maximum atomic E-state index is 6.19. The zero-order valence-electron chi connectivity index (χ0n) is 43.6. The van der Waals surface area contributed by atoms with Crippen molar-refractivity contribution < 1.29 is 8.83 Å². The number of hydrogen-bond acceptors (Lipinski definition) is 10. The average molecular weight is 1050 g/mol. The van der Waals surface area contributed by atoms with Crippen LogP contribution in [0.25, 0.3) is 134 Å². The predicted molar refractivity (Wildman–Crippen MR) is 322 cm³/mol. The zero-order chi connectivity index (χ0) is 53.8. The van der Waals surface area contributed by atoms with Crippen LogP contribution >= 0.6 is 0 Å². The number of hydrogen-bond donors (Lipinski definition) is 0. The fraction of sp³-hybridized carbons (Fsp3) is 0.0278. The van der Waals surface area contributed by atoms with E-state index in [1.807, 2.05) is 85.2 Å². The molecule has 3 aliphatic rings. The molecular weight excluding hydrogens is 1010 g/mol. The van der Waals surface area contributed by atoms with E-state index in [0.717, 1.165) is 99.5 Å². The topological polar surface area (TPSA) is 129 Å². The lowest BCUT2D eigenvalue weighted by Gasteiger charge is -2.42. The van der Waals surface area contributed by atoms with Gasteiger partial charge in [0.15, 0.2) is 34.9 Å². The molecule has 0 N–H and O–H groups in total. The Bertz CT molecular complexity index is 4770. The van der Waals surface area contributed by atoms with E-state index in [-0.39, 0.29) is 11.8 Å². The zero-order valence-corrected chi connectivity index (χ0v) is 43.6. The van der Waals surface area contributed by atoms with Gasteiger partial charge in [0.1, 0.15) is 22.3 Å². The molecule has 0 fully saturated rings. The van der Waals surface area contributed by atoms with Crippen LogP contribution in [0.4, 0.5) is 0 Å². The molecule has 10 nitrogen and oxygen atoms in total. The monoisotopic (exact) mass is 1050 g/mol. The molecule has 6 heterocycles. The molecule has 0 aliphatic heterocycles. The third-order valence-corrected chi connectivity index (χ3v) is 16.4. The predicted octanol–water partition coefficient (Wildman–Crippen LogP) is 17.0. The van der Waals surface area contributed by atoms with Gasteiger partial charge in [-0.15, -0.1) is 0 Å². The van der Waals surface area contributed by atoms with E-state index in [4.69, 9.17) is 38.7 Å². The van der Waals surface area contributed by atoms with Gasteiger partial charge in [-0.05, 0) is 104 Å². The standard InChI is InChI=1S/C72H42N8O2/c1-3-13-41(14-4-1)67-75-69(79-71(77-67)53-21-11-7-17-47(53)43-25-29-61-55(35-43)59-39-73-33-31-63(59)81-61)45-23-27-51-57(37-45)65-49-19-9-10-20-50(49)66(51)58-38-46(24-28-52(58)65)70-76-68(42-15-5-2-6-16-42)78-72(80-70)54-22-12-8-18-48(54)44-26-30-62-56(36-44)60-40-74-34-32-64(60)82-62/h1-40,65-66H. The highest BCUT2D eigenvalue weighted by molar-refractivity contribution is 6.07. The van der Waals surface area contributed by atoms with Gasteiger partial charge in [0, 0.05) is 91.5 Å². The molecule has 0 spiro atoms. The van der Waals surface area contributed by atoms with Gasteiger partial charge in [0.2, 0.25) is 0 Å². The molecule has 9 aromatic carbocycles. The van der Waals surface area contributed by atoms with Crippen LogP contribution in [0, 0.1) is 0 Å². The summed E-state index contributed by atoms with van der Waals surface area (Å²) in [4.78, 5) is 40.5. The van der Waals surface area contributed by atoms with E-state index < -0.39 is 0 Å². The van der Waals surface area contributed by atoms with Crippen molar-refractivity contribution in [3.05, 3.63) is 277 Å². The first kappa shape index (κ1) is 45.9. The van der Waals surface area contributed by atoms with E-state index in [0.29, 0.717) is 34.9 Å². The molecule has 15 aromatic rings. The molecule has 10 heteroatoms. The fourth-order valence-corrected chi connectivity index (χ4v) is 12.6. The summed E-state index contributed by atoms with van der Waals surface area (Å²) in [7, 11) is 0. The Balaban J connectivity index is 0.781. The van der Waals surface area contributed by atoms with Gasteiger partial charge in [-0.25, -0.2) is 29.9 Å². The second kappa shape index (κ2) is 18.2. The normalized spacial score (nSPS) is 14.1. The number of aromatic nitrogens is 8. The van der Waals surface area contributed by atoms with Crippen molar-refractivity contribution >= 4 is 43.9 Å². The quantitative estimate of drug-likeness (QED) is 0.145. The van der Waals surface area contributed by atoms with Gasteiger partial charge in [0.05, 0.1) is 0 Å². The smallest absolute Gasteiger partial charge is 0.164 e. The molecule has 0 saturated heterocycles. The maximum Gasteiger partial charge on any atom is 0.164 e.